The molecule has 86 valence electrons. The molecular weight excluding hydrogens is 272 g/mol. The Kier molecular flexibility index (Phi) is 5.64. The van der Waals surface area contributed by atoms with Crippen molar-refractivity contribution in [1.29, 1.82) is 0 Å². The monoisotopic (exact) mass is 284 g/mol. The first-order chi connectivity index (χ1) is 7.74. The molecule has 0 unspecified atom stereocenters. The summed E-state index contributed by atoms with van der Waals surface area (Å²) in [5.74, 6) is 0. The highest BCUT2D eigenvalue weighted by Gasteiger charge is 1.98. The van der Waals surface area contributed by atoms with E-state index in [-0.39, 0.29) is 6.61 Å². The van der Waals surface area contributed by atoms with Crippen LogP contribution in [0.3, 0.4) is 0 Å². The second-order valence-electron chi connectivity index (χ2n) is 2.92. The number of ether oxygens (including phenoxy) is 2. The first kappa shape index (κ1) is 12.8. The molecule has 1 rings (SSSR count). The lowest BCUT2D eigenvalue weighted by atomic mass is 10.2. The van der Waals surface area contributed by atoms with Gasteiger partial charge in [-0.1, -0.05) is 40.2 Å². The van der Waals surface area contributed by atoms with Gasteiger partial charge >= 0.3 is 6.16 Å². The zero-order valence-electron chi connectivity index (χ0n) is 8.98. The van der Waals surface area contributed by atoms with Crippen molar-refractivity contribution in [3.8, 4) is 0 Å². The fourth-order valence-electron chi connectivity index (χ4n) is 1.06. The van der Waals surface area contributed by atoms with Gasteiger partial charge in [0.15, 0.2) is 0 Å². The highest BCUT2D eigenvalue weighted by molar-refractivity contribution is 9.10. The third-order valence-electron chi connectivity index (χ3n) is 1.76. The van der Waals surface area contributed by atoms with Crippen LogP contribution in [0.2, 0.25) is 0 Å². The van der Waals surface area contributed by atoms with Crippen LogP contribution in [0.25, 0.3) is 6.08 Å². The molecule has 0 aromatic heterocycles. The maximum Gasteiger partial charge on any atom is 0.508 e. The van der Waals surface area contributed by atoms with E-state index in [1.165, 1.54) is 0 Å². The van der Waals surface area contributed by atoms with Crippen LogP contribution in [0, 0.1) is 0 Å². The average molecular weight is 285 g/mol. The summed E-state index contributed by atoms with van der Waals surface area (Å²) in [6.07, 6.45) is 3.00. The topological polar surface area (TPSA) is 35.5 Å². The molecule has 0 amide bonds. The summed E-state index contributed by atoms with van der Waals surface area (Å²) < 4.78 is 10.4. The van der Waals surface area contributed by atoms with Crippen molar-refractivity contribution in [2.45, 2.75) is 6.92 Å². The van der Waals surface area contributed by atoms with Crippen LogP contribution in [-0.4, -0.2) is 19.4 Å². The van der Waals surface area contributed by atoms with E-state index in [1.807, 2.05) is 30.3 Å². The molecule has 0 heterocycles. The Hall–Kier alpha value is -1.29. The van der Waals surface area contributed by atoms with Crippen LogP contribution >= 0.6 is 15.9 Å². The SMILES string of the molecule is CCOC(=O)OC/C=C/c1ccccc1Br. The molecule has 0 atom stereocenters. The number of hydrogen-bond acceptors (Lipinski definition) is 3. The lowest BCUT2D eigenvalue weighted by Crippen LogP contribution is -2.06. The highest BCUT2D eigenvalue weighted by Crippen LogP contribution is 2.16. The van der Waals surface area contributed by atoms with Crippen molar-refractivity contribution < 1.29 is 14.3 Å². The van der Waals surface area contributed by atoms with Gasteiger partial charge in [0.1, 0.15) is 6.61 Å². The van der Waals surface area contributed by atoms with Crippen LogP contribution < -0.4 is 0 Å². The van der Waals surface area contributed by atoms with Gasteiger partial charge in [0.2, 0.25) is 0 Å². The molecule has 0 N–H and O–H groups in total. The minimum atomic E-state index is -0.640. The van der Waals surface area contributed by atoms with Crippen molar-refractivity contribution in [3.63, 3.8) is 0 Å². The minimum Gasteiger partial charge on any atom is -0.435 e. The maximum atomic E-state index is 10.8. The molecule has 3 nitrogen and oxygen atoms in total. The fourth-order valence-corrected chi connectivity index (χ4v) is 1.48. The van der Waals surface area contributed by atoms with Crippen molar-refractivity contribution in [2.75, 3.05) is 13.2 Å². The Morgan fingerprint density at radius 2 is 2.12 bits per heavy atom. The van der Waals surface area contributed by atoms with Gasteiger partial charge in [-0.25, -0.2) is 4.79 Å². The molecule has 4 heteroatoms. The van der Waals surface area contributed by atoms with Gasteiger partial charge in [0, 0.05) is 4.47 Å². The number of halogens is 1. The van der Waals surface area contributed by atoms with E-state index in [2.05, 4.69) is 20.7 Å². The van der Waals surface area contributed by atoms with Crippen LogP contribution in [-0.2, 0) is 9.47 Å². The summed E-state index contributed by atoms with van der Waals surface area (Å²) in [5.41, 5.74) is 1.04. The lowest BCUT2D eigenvalue weighted by Gasteiger charge is -2.01. The summed E-state index contributed by atoms with van der Waals surface area (Å²) in [7, 11) is 0. The van der Waals surface area contributed by atoms with E-state index in [0.717, 1.165) is 10.0 Å². The number of rotatable bonds is 4. The van der Waals surface area contributed by atoms with Crippen LogP contribution in [0.1, 0.15) is 12.5 Å². The first-order valence-electron chi connectivity index (χ1n) is 4.94. The van der Waals surface area contributed by atoms with E-state index in [9.17, 15) is 4.79 Å². The number of benzene rings is 1. The summed E-state index contributed by atoms with van der Waals surface area (Å²) in [5, 5.41) is 0. The Bertz CT molecular complexity index is 374. The third kappa shape index (κ3) is 4.49. The van der Waals surface area contributed by atoms with E-state index < -0.39 is 6.16 Å². The van der Waals surface area contributed by atoms with Crippen LogP contribution in [0.4, 0.5) is 4.79 Å². The molecule has 0 saturated heterocycles. The maximum absolute atomic E-state index is 10.8. The van der Waals surface area contributed by atoms with Gasteiger partial charge in [-0.2, -0.15) is 0 Å². The molecule has 0 aliphatic rings. The molecule has 1 aromatic carbocycles. The molecule has 16 heavy (non-hydrogen) atoms. The van der Waals surface area contributed by atoms with Gasteiger partial charge < -0.3 is 9.47 Å². The van der Waals surface area contributed by atoms with E-state index >= 15 is 0 Å². The second kappa shape index (κ2) is 7.06. The predicted molar refractivity (Wildman–Crippen MR) is 66.2 cm³/mol. The smallest absolute Gasteiger partial charge is 0.435 e. The number of carbonyl (C=O) groups excluding carboxylic acids is 1. The molecule has 0 saturated carbocycles. The van der Waals surface area contributed by atoms with Gasteiger partial charge in [-0.3, -0.25) is 0 Å². The predicted octanol–water partition coefficient (Wildman–Crippen LogP) is 3.64. The number of hydrogen-bond donors (Lipinski definition) is 0. The largest absolute Gasteiger partial charge is 0.508 e. The average Bonchev–Trinajstić information content (AvgIpc) is 2.27. The van der Waals surface area contributed by atoms with E-state index in [1.54, 1.807) is 13.0 Å². The van der Waals surface area contributed by atoms with Crippen molar-refractivity contribution in [2.24, 2.45) is 0 Å². The van der Waals surface area contributed by atoms with Crippen LogP contribution in [0.5, 0.6) is 0 Å². The second-order valence-corrected chi connectivity index (χ2v) is 3.77. The highest BCUT2D eigenvalue weighted by atomic mass is 79.9. The Morgan fingerprint density at radius 3 is 2.81 bits per heavy atom. The van der Waals surface area contributed by atoms with Gasteiger partial charge in [0.05, 0.1) is 6.61 Å². The van der Waals surface area contributed by atoms with E-state index in [0.29, 0.717) is 6.61 Å². The third-order valence-corrected chi connectivity index (χ3v) is 2.48. The summed E-state index contributed by atoms with van der Waals surface area (Å²) in [6, 6.07) is 7.80. The molecule has 0 bridgehead atoms. The van der Waals surface area contributed by atoms with E-state index in [4.69, 9.17) is 4.74 Å². The van der Waals surface area contributed by atoms with Gasteiger partial charge in [-0.05, 0) is 24.6 Å². The van der Waals surface area contributed by atoms with Gasteiger partial charge in [-0.15, -0.1) is 0 Å². The minimum absolute atomic E-state index is 0.208. The first-order valence-corrected chi connectivity index (χ1v) is 5.74. The van der Waals surface area contributed by atoms with Gasteiger partial charge in [0.25, 0.3) is 0 Å². The molecule has 1 aromatic rings. The molecular formula is C12H13BrO3. The normalized spacial score (nSPS) is 10.4. The Labute approximate surface area is 103 Å². The summed E-state index contributed by atoms with van der Waals surface area (Å²) >= 11 is 3.42. The summed E-state index contributed by atoms with van der Waals surface area (Å²) in [4.78, 5) is 10.8. The van der Waals surface area contributed by atoms with Crippen molar-refractivity contribution in [1.82, 2.24) is 0 Å². The van der Waals surface area contributed by atoms with Crippen molar-refractivity contribution >= 4 is 28.2 Å². The fraction of sp³-hybridized carbons (Fsp3) is 0.250. The Morgan fingerprint density at radius 1 is 1.38 bits per heavy atom. The molecule has 0 radical (unpaired) electrons. The van der Waals surface area contributed by atoms with Crippen LogP contribution in [0.15, 0.2) is 34.8 Å². The summed E-state index contributed by atoms with van der Waals surface area (Å²) in [6.45, 7) is 2.27. The standard InChI is InChI=1S/C12H13BrO3/c1-2-15-12(14)16-9-5-7-10-6-3-4-8-11(10)13/h3-8H,2,9H2,1H3/b7-5+. The molecule has 0 spiro atoms. The Balaban J connectivity index is 2.38. The zero-order valence-corrected chi connectivity index (χ0v) is 10.6. The molecule has 0 aliphatic carbocycles. The molecule has 0 aliphatic heterocycles. The molecule has 0 fully saturated rings. The lowest BCUT2D eigenvalue weighted by molar-refractivity contribution is 0.0674. The quantitative estimate of drug-likeness (QED) is 0.792. The zero-order chi connectivity index (χ0) is 11.8. The van der Waals surface area contributed by atoms with Crippen molar-refractivity contribution in [3.05, 3.63) is 40.4 Å². The number of carbonyl (C=O) groups is 1.